The fraction of sp³-hybridized carbons (Fsp3) is 0.500. The van der Waals surface area contributed by atoms with Gasteiger partial charge in [0.2, 0.25) is 0 Å². The van der Waals surface area contributed by atoms with Crippen LogP contribution in [0.15, 0.2) is 48.8 Å². The van der Waals surface area contributed by atoms with E-state index < -0.39 is 0 Å². The average molecular weight is 576 g/mol. The predicted octanol–water partition coefficient (Wildman–Crippen LogP) is 7.29. The second-order valence-corrected chi connectivity index (χ2v) is 12.0. The van der Waals surface area contributed by atoms with Gasteiger partial charge in [-0.3, -0.25) is 9.58 Å². The van der Waals surface area contributed by atoms with Crippen molar-refractivity contribution in [3.63, 3.8) is 0 Å². The molecule has 3 aromatic rings. The molecule has 1 aromatic heterocycles. The lowest BCUT2D eigenvalue weighted by molar-refractivity contribution is 0.176. The highest BCUT2D eigenvalue weighted by atomic mass is 35.5. The summed E-state index contributed by atoms with van der Waals surface area (Å²) in [7, 11) is 0. The summed E-state index contributed by atoms with van der Waals surface area (Å²) in [5.41, 5.74) is 3.56. The molecule has 0 radical (unpaired) electrons. The van der Waals surface area contributed by atoms with Crippen molar-refractivity contribution in [2.45, 2.75) is 51.0 Å². The molecular formula is C30H37Cl3N4O. The van der Waals surface area contributed by atoms with Crippen LogP contribution in [-0.4, -0.2) is 65.5 Å². The molecule has 0 bridgehead atoms. The zero-order valence-electron chi connectivity index (χ0n) is 22.1. The van der Waals surface area contributed by atoms with E-state index in [0.717, 1.165) is 67.3 Å². The van der Waals surface area contributed by atoms with Crippen LogP contribution >= 0.6 is 34.8 Å². The van der Waals surface area contributed by atoms with Gasteiger partial charge in [-0.05, 0) is 112 Å². The Morgan fingerprint density at radius 1 is 0.947 bits per heavy atom. The van der Waals surface area contributed by atoms with E-state index in [1.807, 2.05) is 36.5 Å². The van der Waals surface area contributed by atoms with Gasteiger partial charge in [0.15, 0.2) is 0 Å². The molecule has 8 heteroatoms. The molecule has 0 N–H and O–H groups in total. The first-order valence-corrected chi connectivity index (χ1v) is 14.9. The van der Waals surface area contributed by atoms with Crippen LogP contribution in [0, 0.1) is 6.92 Å². The van der Waals surface area contributed by atoms with Gasteiger partial charge >= 0.3 is 0 Å². The zero-order chi connectivity index (χ0) is 26.5. The lowest BCUT2D eigenvalue weighted by Crippen LogP contribution is -2.38. The Balaban J connectivity index is 1.22. The second-order valence-electron chi connectivity index (χ2n) is 10.7. The Morgan fingerprint density at radius 3 is 2.39 bits per heavy atom. The first kappa shape index (κ1) is 27.8. The lowest BCUT2D eigenvalue weighted by atomic mass is 9.88. The van der Waals surface area contributed by atoms with Crippen LogP contribution in [0.1, 0.15) is 54.3 Å². The Bertz CT molecular complexity index is 1200. The normalized spacial score (nSPS) is 18.2. The first-order chi connectivity index (χ1) is 18.4. The maximum absolute atomic E-state index is 6.54. The number of likely N-dealkylation sites (tertiary alicyclic amines) is 2. The van der Waals surface area contributed by atoms with Crippen molar-refractivity contribution in [1.82, 2.24) is 19.6 Å². The Hall–Kier alpha value is -1.76. The molecule has 0 amide bonds. The molecule has 0 aliphatic carbocycles. The van der Waals surface area contributed by atoms with E-state index >= 15 is 0 Å². The lowest BCUT2D eigenvalue weighted by Gasteiger charge is -2.35. The number of hydrogen-bond acceptors (Lipinski definition) is 4. The topological polar surface area (TPSA) is 33.5 Å². The van der Waals surface area contributed by atoms with Gasteiger partial charge in [0.05, 0.1) is 12.2 Å². The minimum Gasteiger partial charge on any atom is -0.492 e. The molecule has 5 nitrogen and oxygen atoms in total. The summed E-state index contributed by atoms with van der Waals surface area (Å²) < 4.78 is 8.39. The van der Waals surface area contributed by atoms with Crippen LogP contribution in [0.5, 0.6) is 5.75 Å². The number of aryl methyl sites for hydroxylation is 1. The third-order valence-corrected chi connectivity index (χ3v) is 8.73. The molecule has 204 valence electrons. The van der Waals surface area contributed by atoms with Crippen molar-refractivity contribution in [3.05, 3.63) is 80.6 Å². The Kier molecular flexibility index (Phi) is 9.55. The fourth-order valence-electron chi connectivity index (χ4n) is 5.80. The SMILES string of the molecule is Cc1cnn([C@H](Cc2ccc(Cl)cc2Cl)CN2CCC(c3ccc(Cl)cc3OCCN3CCCC3)CC2)c1. The van der Waals surface area contributed by atoms with Crippen molar-refractivity contribution in [2.24, 2.45) is 0 Å². The molecule has 2 aliphatic heterocycles. The average Bonchev–Trinajstić information content (AvgIpc) is 3.58. The summed E-state index contributed by atoms with van der Waals surface area (Å²) >= 11 is 19.1. The molecule has 3 heterocycles. The number of benzene rings is 2. The van der Waals surface area contributed by atoms with Crippen LogP contribution in [0.3, 0.4) is 0 Å². The number of aromatic nitrogens is 2. The number of halogens is 3. The molecule has 1 atom stereocenters. The van der Waals surface area contributed by atoms with Gasteiger partial charge in [0.1, 0.15) is 12.4 Å². The number of hydrogen-bond donors (Lipinski definition) is 0. The maximum atomic E-state index is 6.54. The van der Waals surface area contributed by atoms with E-state index in [1.165, 1.54) is 31.5 Å². The molecule has 0 spiro atoms. The number of nitrogens with zero attached hydrogens (tertiary/aromatic N) is 4. The second kappa shape index (κ2) is 13.1. The van der Waals surface area contributed by atoms with E-state index in [2.05, 4.69) is 38.8 Å². The van der Waals surface area contributed by atoms with Crippen LogP contribution in [0.4, 0.5) is 0 Å². The Morgan fingerprint density at radius 2 is 1.68 bits per heavy atom. The third kappa shape index (κ3) is 7.25. The van der Waals surface area contributed by atoms with Crippen molar-refractivity contribution >= 4 is 34.8 Å². The largest absolute Gasteiger partial charge is 0.492 e. The van der Waals surface area contributed by atoms with Gasteiger partial charge in [-0.2, -0.15) is 5.10 Å². The highest BCUT2D eigenvalue weighted by Crippen LogP contribution is 2.36. The van der Waals surface area contributed by atoms with Gasteiger partial charge in [-0.1, -0.05) is 46.9 Å². The molecule has 2 fully saturated rings. The molecule has 5 rings (SSSR count). The molecule has 0 unspecified atom stereocenters. The van der Waals surface area contributed by atoms with Crippen LogP contribution in [-0.2, 0) is 6.42 Å². The molecule has 38 heavy (non-hydrogen) atoms. The van der Waals surface area contributed by atoms with E-state index in [9.17, 15) is 0 Å². The predicted molar refractivity (Wildman–Crippen MR) is 157 cm³/mol. The number of rotatable bonds is 10. The first-order valence-electron chi connectivity index (χ1n) is 13.8. The van der Waals surface area contributed by atoms with Crippen molar-refractivity contribution in [3.8, 4) is 5.75 Å². The van der Waals surface area contributed by atoms with E-state index in [0.29, 0.717) is 22.6 Å². The van der Waals surface area contributed by atoms with Gasteiger partial charge in [-0.25, -0.2) is 0 Å². The Labute approximate surface area is 241 Å². The van der Waals surface area contributed by atoms with Gasteiger partial charge in [-0.15, -0.1) is 0 Å². The van der Waals surface area contributed by atoms with Gasteiger partial charge < -0.3 is 9.64 Å². The maximum Gasteiger partial charge on any atom is 0.124 e. The summed E-state index contributed by atoms with van der Waals surface area (Å²) in [6, 6.07) is 12.1. The molecule has 2 saturated heterocycles. The minimum absolute atomic E-state index is 0.193. The fourth-order valence-corrected chi connectivity index (χ4v) is 6.45. The van der Waals surface area contributed by atoms with Crippen LogP contribution in [0.2, 0.25) is 15.1 Å². The monoisotopic (exact) mass is 574 g/mol. The van der Waals surface area contributed by atoms with Crippen LogP contribution in [0.25, 0.3) is 0 Å². The van der Waals surface area contributed by atoms with Crippen LogP contribution < -0.4 is 4.74 Å². The standard InChI is InChI=1S/C30H37Cl3N4O/c1-22-19-34-37(20-22)27(16-24-4-5-25(31)17-29(24)33)21-36-12-8-23(9-13-36)28-7-6-26(32)18-30(28)38-15-14-35-10-2-3-11-35/h4-7,17-20,23,27H,2-3,8-16,21H2,1H3/t27-/m1/s1. The molecule has 2 aromatic carbocycles. The van der Waals surface area contributed by atoms with Crippen molar-refractivity contribution in [2.75, 3.05) is 45.9 Å². The summed E-state index contributed by atoms with van der Waals surface area (Å²) in [5.74, 6) is 1.43. The molecular weight excluding hydrogens is 539 g/mol. The highest BCUT2D eigenvalue weighted by Gasteiger charge is 2.26. The zero-order valence-corrected chi connectivity index (χ0v) is 24.4. The third-order valence-electron chi connectivity index (χ3n) is 7.91. The highest BCUT2D eigenvalue weighted by molar-refractivity contribution is 6.35. The summed E-state index contributed by atoms with van der Waals surface area (Å²) in [4.78, 5) is 5.04. The van der Waals surface area contributed by atoms with Gasteiger partial charge in [0.25, 0.3) is 0 Å². The van der Waals surface area contributed by atoms with E-state index in [4.69, 9.17) is 39.5 Å². The number of ether oxygens (including phenoxy) is 1. The minimum atomic E-state index is 0.193. The smallest absolute Gasteiger partial charge is 0.124 e. The summed E-state index contributed by atoms with van der Waals surface area (Å²) in [5, 5.41) is 6.76. The molecule has 0 saturated carbocycles. The van der Waals surface area contributed by atoms with E-state index in [-0.39, 0.29) is 6.04 Å². The van der Waals surface area contributed by atoms with Gasteiger partial charge in [0, 0.05) is 34.4 Å². The van der Waals surface area contributed by atoms with E-state index in [1.54, 1.807) is 0 Å². The van der Waals surface area contributed by atoms with Crippen molar-refractivity contribution < 1.29 is 4.74 Å². The summed E-state index contributed by atoms with van der Waals surface area (Å²) in [6.07, 6.45) is 9.65. The van der Waals surface area contributed by atoms with Crippen molar-refractivity contribution in [1.29, 1.82) is 0 Å². The molecule has 2 aliphatic rings. The quantitative estimate of drug-likeness (QED) is 0.254. The number of piperidine rings is 1. The summed E-state index contributed by atoms with van der Waals surface area (Å²) in [6.45, 7) is 9.14.